The third-order valence-corrected chi connectivity index (χ3v) is 5.10. The molecule has 27 heavy (non-hydrogen) atoms. The van der Waals surface area contributed by atoms with Crippen molar-refractivity contribution in [2.45, 2.75) is 25.8 Å². The van der Waals surface area contributed by atoms with Crippen LogP contribution < -0.4 is 10.6 Å². The van der Waals surface area contributed by atoms with Crippen molar-refractivity contribution in [3.63, 3.8) is 0 Å². The minimum Gasteiger partial charge on any atom is -0.361 e. The van der Waals surface area contributed by atoms with Gasteiger partial charge in [-0.3, -0.25) is 19.8 Å². The van der Waals surface area contributed by atoms with E-state index in [0.29, 0.717) is 16.7 Å². The predicted molar refractivity (Wildman–Crippen MR) is 106 cm³/mol. The molecule has 2 aliphatic heterocycles. The molecule has 2 amide bonds. The molecule has 1 saturated heterocycles. The number of piperidine rings is 1. The van der Waals surface area contributed by atoms with Gasteiger partial charge >= 0.3 is 0 Å². The van der Waals surface area contributed by atoms with Gasteiger partial charge in [0.05, 0.1) is 5.57 Å². The van der Waals surface area contributed by atoms with Crippen LogP contribution in [0.15, 0.2) is 54.7 Å². The predicted octanol–water partition coefficient (Wildman–Crippen LogP) is 3.40. The van der Waals surface area contributed by atoms with Gasteiger partial charge in [0.2, 0.25) is 0 Å². The van der Waals surface area contributed by atoms with E-state index in [1.807, 2.05) is 18.2 Å². The van der Waals surface area contributed by atoms with Crippen molar-refractivity contribution in [1.82, 2.24) is 10.2 Å². The SMILES string of the molecule is O=C1NC(=O)c2ccccc2/C1=C/Nc1cccc(CN2CCCCC2)c1. The van der Waals surface area contributed by atoms with Crippen molar-refractivity contribution in [3.8, 4) is 0 Å². The highest BCUT2D eigenvalue weighted by Gasteiger charge is 2.26. The fraction of sp³-hybridized carbons (Fsp3) is 0.273. The lowest BCUT2D eigenvalue weighted by molar-refractivity contribution is -0.114. The molecule has 5 heteroatoms. The number of benzene rings is 2. The summed E-state index contributed by atoms with van der Waals surface area (Å²) in [7, 11) is 0. The van der Waals surface area contributed by atoms with Gasteiger partial charge in [-0.2, -0.15) is 0 Å². The molecule has 1 fully saturated rings. The van der Waals surface area contributed by atoms with Gasteiger partial charge in [0.25, 0.3) is 11.8 Å². The summed E-state index contributed by atoms with van der Waals surface area (Å²) in [5.41, 5.74) is 3.82. The summed E-state index contributed by atoms with van der Waals surface area (Å²) < 4.78 is 0. The van der Waals surface area contributed by atoms with Crippen LogP contribution in [0.25, 0.3) is 5.57 Å². The number of hydrogen-bond acceptors (Lipinski definition) is 4. The number of amides is 2. The summed E-state index contributed by atoms with van der Waals surface area (Å²) in [6.07, 6.45) is 5.56. The van der Waals surface area contributed by atoms with Crippen LogP contribution in [-0.4, -0.2) is 29.8 Å². The Bertz CT molecular complexity index is 898. The molecule has 138 valence electrons. The molecule has 0 aromatic heterocycles. The van der Waals surface area contributed by atoms with Crippen LogP contribution in [-0.2, 0) is 11.3 Å². The van der Waals surface area contributed by atoms with Crippen LogP contribution in [0.2, 0.25) is 0 Å². The van der Waals surface area contributed by atoms with E-state index >= 15 is 0 Å². The highest BCUT2D eigenvalue weighted by Crippen LogP contribution is 2.24. The van der Waals surface area contributed by atoms with E-state index in [1.54, 1.807) is 24.4 Å². The van der Waals surface area contributed by atoms with E-state index in [4.69, 9.17) is 0 Å². The summed E-state index contributed by atoms with van der Waals surface area (Å²) in [4.78, 5) is 26.7. The number of nitrogens with zero attached hydrogens (tertiary/aromatic N) is 1. The molecule has 0 aliphatic carbocycles. The Morgan fingerprint density at radius 1 is 0.926 bits per heavy atom. The minimum absolute atomic E-state index is 0.351. The van der Waals surface area contributed by atoms with Crippen LogP contribution in [0.3, 0.4) is 0 Å². The molecule has 5 nitrogen and oxygen atoms in total. The largest absolute Gasteiger partial charge is 0.361 e. The van der Waals surface area contributed by atoms with E-state index < -0.39 is 0 Å². The van der Waals surface area contributed by atoms with Crippen molar-refractivity contribution < 1.29 is 9.59 Å². The second kappa shape index (κ2) is 7.76. The molecular weight excluding hydrogens is 338 g/mol. The molecule has 2 N–H and O–H groups in total. The molecular formula is C22H23N3O2. The molecule has 0 atom stereocenters. The van der Waals surface area contributed by atoms with Crippen molar-refractivity contribution in [2.75, 3.05) is 18.4 Å². The van der Waals surface area contributed by atoms with Crippen LogP contribution >= 0.6 is 0 Å². The van der Waals surface area contributed by atoms with E-state index in [9.17, 15) is 9.59 Å². The molecule has 0 unspecified atom stereocenters. The van der Waals surface area contributed by atoms with Crippen LogP contribution in [0, 0.1) is 0 Å². The summed E-state index contributed by atoms with van der Waals surface area (Å²) in [5, 5.41) is 5.62. The quantitative estimate of drug-likeness (QED) is 0.647. The summed E-state index contributed by atoms with van der Waals surface area (Å²) in [6.45, 7) is 3.27. The van der Waals surface area contributed by atoms with Gasteiger partial charge < -0.3 is 5.32 Å². The van der Waals surface area contributed by atoms with Gasteiger partial charge in [-0.1, -0.05) is 36.8 Å². The zero-order chi connectivity index (χ0) is 18.6. The average Bonchev–Trinajstić information content (AvgIpc) is 2.69. The number of carbonyl (C=O) groups excluding carboxylic acids is 2. The van der Waals surface area contributed by atoms with Gasteiger partial charge in [-0.05, 0) is 49.7 Å². The zero-order valence-corrected chi connectivity index (χ0v) is 15.2. The maximum Gasteiger partial charge on any atom is 0.260 e. The number of likely N-dealkylation sites (tertiary alicyclic amines) is 1. The molecule has 0 spiro atoms. The monoisotopic (exact) mass is 361 g/mol. The molecule has 0 radical (unpaired) electrons. The number of nitrogens with one attached hydrogen (secondary N) is 2. The van der Waals surface area contributed by atoms with Crippen LogP contribution in [0.4, 0.5) is 5.69 Å². The number of rotatable bonds is 4. The first-order valence-electron chi connectivity index (χ1n) is 9.44. The summed E-state index contributed by atoms with van der Waals surface area (Å²) >= 11 is 0. The number of anilines is 1. The van der Waals surface area contributed by atoms with E-state index in [-0.39, 0.29) is 11.8 Å². The number of carbonyl (C=O) groups is 2. The van der Waals surface area contributed by atoms with Crippen LogP contribution in [0.5, 0.6) is 0 Å². The lowest BCUT2D eigenvalue weighted by Gasteiger charge is -2.26. The van der Waals surface area contributed by atoms with Crippen LogP contribution in [0.1, 0.15) is 40.7 Å². The third-order valence-electron chi connectivity index (χ3n) is 5.10. The highest BCUT2D eigenvalue weighted by molar-refractivity contribution is 6.31. The Balaban J connectivity index is 1.52. The molecule has 0 bridgehead atoms. The minimum atomic E-state index is -0.379. The standard InChI is InChI=1S/C22H23N3O2/c26-21-19-10-3-2-9-18(19)20(22(27)24-21)14-23-17-8-6-7-16(13-17)15-25-11-4-1-5-12-25/h2-3,6-10,13-14,23H,1,4-5,11-12,15H2,(H,24,26,27)/b20-14-. The lowest BCUT2D eigenvalue weighted by atomic mass is 9.95. The summed E-state index contributed by atoms with van der Waals surface area (Å²) in [5.74, 6) is -0.730. The van der Waals surface area contributed by atoms with Crippen molar-refractivity contribution >= 4 is 23.1 Å². The Morgan fingerprint density at radius 3 is 2.52 bits per heavy atom. The normalized spacial score (nSPS) is 18.9. The Kier molecular flexibility index (Phi) is 5.03. The van der Waals surface area contributed by atoms with E-state index in [0.717, 1.165) is 25.3 Å². The molecule has 2 heterocycles. The first-order valence-corrected chi connectivity index (χ1v) is 9.44. The first-order chi connectivity index (χ1) is 13.2. The molecule has 2 aromatic carbocycles. The Hall–Kier alpha value is -2.92. The van der Waals surface area contributed by atoms with Gasteiger partial charge in [0.15, 0.2) is 0 Å². The number of hydrogen-bond donors (Lipinski definition) is 2. The van der Waals surface area contributed by atoms with Gasteiger partial charge in [0.1, 0.15) is 0 Å². The lowest BCUT2D eigenvalue weighted by Crippen LogP contribution is -2.36. The molecule has 2 aromatic rings. The maximum atomic E-state index is 12.3. The third kappa shape index (κ3) is 3.93. The topological polar surface area (TPSA) is 61.4 Å². The fourth-order valence-electron chi connectivity index (χ4n) is 3.71. The summed E-state index contributed by atoms with van der Waals surface area (Å²) in [6, 6.07) is 15.4. The second-order valence-electron chi connectivity index (χ2n) is 7.07. The van der Waals surface area contributed by atoms with Gasteiger partial charge in [0, 0.05) is 29.6 Å². The van der Waals surface area contributed by atoms with Crippen molar-refractivity contribution in [2.24, 2.45) is 0 Å². The average molecular weight is 361 g/mol. The first kappa shape index (κ1) is 17.5. The van der Waals surface area contributed by atoms with Gasteiger partial charge in [-0.25, -0.2) is 0 Å². The molecule has 0 saturated carbocycles. The highest BCUT2D eigenvalue weighted by atomic mass is 16.2. The second-order valence-corrected chi connectivity index (χ2v) is 7.07. The van der Waals surface area contributed by atoms with E-state index in [2.05, 4.69) is 27.7 Å². The van der Waals surface area contributed by atoms with Gasteiger partial charge in [-0.15, -0.1) is 0 Å². The molecule has 4 rings (SSSR count). The zero-order valence-electron chi connectivity index (χ0n) is 15.2. The number of fused-ring (bicyclic) bond motifs is 1. The van der Waals surface area contributed by atoms with E-state index in [1.165, 1.54) is 24.8 Å². The molecule has 2 aliphatic rings. The Morgan fingerprint density at radius 2 is 1.70 bits per heavy atom. The smallest absolute Gasteiger partial charge is 0.260 e. The fourth-order valence-corrected chi connectivity index (χ4v) is 3.71. The van der Waals surface area contributed by atoms with Crippen molar-refractivity contribution in [1.29, 1.82) is 0 Å². The van der Waals surface area contributed by atoms with Crippen molar-refractivity contribution in [3.05, 3.63) is 71.4 Å². The maximum absolute atomic E-state index is 12.3. The number of imide groups is 1. The Labute approximate surface area is 159 Å².